The van der Waals surface area contributed by atoms with E-state index in [4.69, 9.17) is 16.3 Å². The quantitative estimate of drug-likeness (QED) is 0.202. The number of methoxy groups -OCH3 is 1. The number of hydrogen-bond acceptors (Lipinski definition) is 5. The van der Waals surface area contributed by atoms with Crippen LogP contribution < -0.4 is 9.64 Å². The van der Waals surface area contributed by atoms with Gasteiger partial charge in [-0.3, -0.25) is 14.4 Å². The van der Waals surface area contributed by atoms with Gasteiger partial charge in [-0.05, 0) is 47.5 Å². The minimum Gasteiger partial charge on any atom is -0.497 e. The Balaban J connectivity index is 1.56. The van der Waals surface area contributed by atoms with Crippen molar-refractivity contribution in [2.45, 2.75) is 18.0 Å². The molecule has 4 aromatic rings. The minimum atomic E-state index is -1.78. The summed E-state index contributed by atoms with van der Waals surface area (Å²) in [6.07, 6.45) is 3.61. The molecular weight excluding hydrogens is 541 g/mol. The fourth-order valence-electron chi connectivity index (χ4n) is 6.97. The fourth-order valence-corrected chi connectivity index (χ4v) is 7.15. The first-order valence-corrected chi connectivity index (χ1v) is 13.6. The second-order valence-corrected chi connectivity index (χ2v) is 11.0. The van der Waals surface area contributed by atoms with E-state index in [0.717, 1.165) is 5.56 Å². The predicted molar refractivity (Wildman–Crippen MR) is 155 cm³/mol. The van der Waals surface area contributed by atoms with Gasteiger partial charge in [0.2, 0.25) is 0 Å². The molecule has 3 aliphatic rings. The Bertz CT molecular complexity index is 1780. The molecule has 0 unspecified atom stereocenters. The fraction of sp³-hybridized carbons (Fsp3) is 0.147. The summed E-state index contributed by atoms with van der Waals surface area (Å²) in [4.78, 5) is 45.7. The van der Waals surface area contributed by atoms with Gasteiger partial charge >= 0.3 is 0 Å². The maximum atomic E-state index is 15.8. The highest BCUT2D eigenvalue weighted by Gasteiger charge is 2.71. The maximum absolute atomic E-state index is 15.8. The Hall–Kier alpha value is -4.55. The molecule has 2 heterocycles. The van der Waals surface area contributed by atoms with E-state index in [-0.39, 0.29) is 22.5 Å². The third-order valence-corrected chi connectivity index (χ3v) is 8.86. The number of Topliss-reactive ketones (excluding diaryl/α,β-unsaturated/α-hetero) is 3. The van der Waals surface area contributed by atoms with Gasteiger partial charge in [-0.1, -0.05) is 78.4 Å². The van der Waals surface area contributed by atoms with Crippen LogP contribution >= 0.6 is 11.6 Å². The Morgan fingerprint density at radius 2 is 1.61 bits per heavy atom. The lowest BCUT2D eigenvalue weighted by atomic mass is 9.64. The first-order valence-electron chi connectivity index (χ1n) is 13.3. The smallest absolute Gasteiger partial charge is 0.186 e. The molecule has 7 rings (SSSR count). The molecule has 0 bridgehead atoms. The van der Waals surface area contributed by atoms with Crippen LogP contribution in [0.3, 0.4) is 0 Å². The van der Waals surface area contributed by atoms with E-state index in [1.807, 2.05) is 11.0 Å². The lowest BCUT2D eigenvalue weighted by Crippen LogP contribution is -2.48. The number of fused-ring (bicyclic) bond motifs is 5. The average molecular weight is 564 g/mol. The molecule has 1 aliphatic carbocycles. The van der Waals surface area contributed by atoms with Crippen LogP contribution in [-0.2, 0) is 0 Å². The maximum Gasteiger partial charge on any atom is 0.186 e. The number of ether oxygens (including phenoxy) is 1. The van der Waals surface area contributed by atoms with Crippen LogP contribution in [0.4, 0.5) is 10.1 Å². The van der Waals surface area contributed by atoms with Crippen LogP contribution in [0.25, 0.3) is 6.08 Å². The third-order valence-electron chi connectivity index (χ3n) is 8.63. The van der Waals surface area contributed by atoms with Gasteiger partial charge < -0.3 is 9.64 Å². The molecule has 202 valence electrons. The van der Waals surface area contributed by atoms with Crippen molar-refractivity contribution in [3.05, 3.63) is 136 Å². The summed E-state index contributed by atoms with van der Waals surface area (Å²) in [5, 5.41) is 0.502. The van der Waals surface area contributed by atoms with Crippen LogP contribution in [0.2, 0.25) is 5.02 Å². The van der Waals surface area contributed by atoms with E-state index < -0.39 is 40.8 Å². The number of carbonyl (C=O) groups excluding carboxylic acids is 3. The second-order valence-electron chi connectivity index (χ2n) is 10.5. The summed E-state index contributed by atoms with van der Waals surface area (Å²) in [7, 11) is 1.51. The number of carbonyl (C=O) groups is 3. The highest BCUT2D eigenvalue weighted by Crippen LogP contribution is 2.61. The topological polar surface area (TPSA) is 63.7 Å². The average Bonchev–Trinajstić information content (AvgIpc) is 3.43. The molecular formula is C34H23ClFNO4. The number of ketones is 3. The van der Waals surface area contributed by atoms with Crippen molar-refractivity contribution < 1.29 is 23.5 Å². The van der Waals surface area contributed by atoms with Gasteiger partial charge in [0, 0.05) is 33.3 Å². The highest BCUT2D eigenvalue weighted by molar-refractivity contribution is 6.32. The van der Waals surface area contributed by atoms with E-state index in [0.29, 0.717) is 22.0 Å². The number of nitrogens with zero attached hydrogens (tertiary/aromatic N) is 1. The van der Waals surface area contributed by atoms with Crippen molar-refractivity contribution in [3.63, 3.8) is 0 Å². The monoisotopic (exact) mass is 563 g/mol. The number of hydrogen-bond donors (Lipinski definition) is 0. The van der Waals surface area contributed by atoms with Crippen molar-refractivity contribution >= 4 is 40.7 Å². The summed E-state index contributed by atoms with van der Waals surface area (Å²) < 4.78 is 21.2. The molecule has 4 aromatic carbocycles. The van der Waals surface area contributed by atoms with Crippen LogP contribution in [0.15, 0.2) is 97.1 Å². The molecule has 7 heteroatoms. The number of rotatable bonds is 4. The zero-order valence-corrected chi connectivity index (χ0v) is 22.6. The summed E-state index contributed by atoms with van der Waals surface area (Å²) >= 11 is 6.33. The third kappa shape index (κ3) is 3.44. The normalized spacial score (nSPS) is 21.5. The van der Waals surface area contributed by atoms with E-state index in [2.05, 4.69) is 0 Å². The predicted octanol–water partition coefficient (Wildman–Crippen LogP) is 6.80. The zero-order valence-electron chi connectivity index (χ0n) is 21.9. The van der Waals surface area contributed by atoms with Crippen molar-refractivity contribution in [1.82, 2.24) is 0 Å². The summed E-state index contributed by atoms with van der Waals surface area (Å²) in [5.74, 6) is -2.42. The molecule has 1 spiro atoms. The van der Waals surface area contributed by atoms with Crippen LogP contribution in [0.1, 0.15) is 48.1 Å². The van der Waals surface area contributed by atoms with Gasteiger partial charge in [0.25, 0.3) is 0 Å². The lowest BCUT2D eigenvalue weighted by molar-refractivity contribution is 0.0664. The first kappa shape index (κ1) is 25.4. The molecule has 1 fully saturated rings. The molecule has 0 amide bonds. The molecule has 0 radical (unpaired) electrons. The van der Waals surface area contributed by atoms with E-state index >= 15 is 4.39 Å². The Kier molecular flexibility index (Phi) is 5.73. The van der Waals surface area contributed by atoms with Crippen molar-refractivity contribution in [2.75, 3.05) is 12.0 Å². The molecule has 0 aromatic heterocycles. The van der Waals surface area contributed by atoms with Gasteiger partial charge in [0.15, 0.2) is 17.3 Å². The SMILES string of the molecule is COc1cccc(C(=O)[C@H]2[C@H](c3ccccc3F)C3(C(=O)c4ccccc4C3=O)[C@H]3C=Cc4cc(Cl)ccc4N23)c1. The molecule has 5 nitrogen and oxygen atoms in total. The van der Waals surface area contributed by atoms with Gasteiger partial charge in [-0.2, -0.15) is 0 Å². The van der Waals surface area contributed by atoms with E-state index in [1.54, 1.807) is 91.0 Å². The van der Waals surface area contributed by atoms with Crippen LogP contribution in [-0.4, -0.2) is 36.5 Å². The summed E-state index contributed by atoms with van der Waals surface area (Å²) in [6, 6.07) is 22.8. The summed E-state index contributed by atoms with van der Waals surface area (Å²) in [5.41, 5.74) is 0.620. The van der Waals surface area contributed by atoms with Crippen molar-refractivity contribution in [3.8, 4) is 5.75 Å². The second kappa shape index (κ2) is 9.25. The van der Waals surface area contributed by atoms with E-state index in [1.165, 1.54) is 13.2 Å². The molecule has 0 saturated carbocycles. The van der Waals surface area contributed by atoms with Crippen LogP contribution in [0, 0.1) is 11.2 Å². The van der Waals surface area contributed by atoms with Crippen molar-refractivity contribution in [1.29, 1.82) is 0 Å². The standard InChI is InChI=1S/C34H23ClFNO4/c1-41-22-8-6-7-20(18-22)31(38)30-29(25-11-4-5-12-26(25)36)34(32(39)23-9-2-3-10-24(23)33(34)40)28-16-13-19-17-21(35)14-15-27(19)37(28)30/h2-18,28-30H,1H3/t28-,29+,30-/m1/s1. The Labute approximate surface area is 240 Å². The van der Waals surface area contributed by atoms with Gasteiger partial charge in [-0.25, -0.2) is 4.39 Å². The number of benzene rings is 4. The van der Waals surface area contributed by atoms with Gasteiger partial charge in [-0.15, -0.1) is 0 Å². The van der Waals surface area contributed by atoms with E-state index in [9.17, 15) is 14.4 Å². The Morgan fingerprint density at radius 1 is 0.902 bits per heavy atom. The van der Waals surface area contributed by atoms with Gasteiger partial charge in [0.1, 0.15) is 23.0 Å². The molecule has 2 aliphatic heterocycles. The minimum absolute atomic E-state index is 0.140. The molecule has 0 N–H and O–H groups in total. The zero-order chi connectivity index (χ0) is 28.5. The van der Waals surface area contributed by atoms with Crippen LogP contribution in [0.5, 0.6) is 5.75 Å². The largest absolute Gasteiger partial charge is 0.497 e. The Morgan fingerprint density at radius 3 is 2.32 bits per heavy atom. The number of anilines is 1. The highest BCUT2D eigenvalue weighted by atomic mass is 35.5. The molecule has 1 saturated heterocycles. The first-order chi connectivity index (χ1) is 19.9. The van der Waals surface area contributed by atoms with Crippen molar-refractivity contribution in [2.24, 2.45) is 5.41 Å². The van der Waals surface area contributed by atoms with Gasteiger partial charge in [0.05, 0.1) is 13.2 Å². The summed E-state index contributed by atoms with van der Waals surface area (Å²) in [6.45, 7) is 0. The number of halogens is 2. The lowest BCUT2D eigenvalue weighted by Gasteiger charge is -2.37. The molecule has 3 atom stereocenters. The molecule has 41 heavy (non-hydrogen) atoms.